The van der Waals surface area contributed by atoms with Crippen LogP contribution in [0.1, 0.15) is 63.3 Å². The number of aliphatic hydroxyl groups is 1. The summed E-state index contributed by atoms with van der Waals surface area (Å²) < 4.78 is 18.0. The van der Waals surface area contributed by atoms with Crippen molar-refractivity contribution >= 4 is 11.0 Å². The average Bonchev–Trinajstić information content (AvgIpc) is 2.59. The number of aliphatic hydroxyl groups excluding tert-OH is 1. The molecule has 1 aromatic heterocycles. The highest BCUT2D eigenvalue weighted by atomic mass is 16.5. The van der Waals surface area contributed by atoms with E-state index in [9.17, 15) is 9.90 Å². The highest BCUT2D eigenvalue weighted by molar-refractivity contribution is 5.94. The molecule has 5 nitrogen and oxygen atoms in total. The minimum absolute atomic E-state index is 0.0904. The van der Waals surface area contributed by atoms with E-state index in [0.717, 1.165) is 47.9 Å². The molecule has 1 N–H and O–H groups in total. The van der Waals surface area contributed by atoms with Crippen molar-refractivity contribution in [2.45, 2.75) is 71.7 Å². The molecule has 26 heavy (non-hydrogen) atoms. The smallest absolute Gasteiger partial charge is 0.336 e. The van der Waals surface area contributed by atoms with Gasteiger partial charge in [-0.1, -0.05) is 20.3 Å². The Bertz CT molecular complexity index is 913. The molecule has 0 saturated heterocycles. The van der Waals surface area contributed by atoms with Crippen LogP contribution in [0.5, 0.6) is 11.5 Å². The van der Waals surface area contributed by atoms with E-state index in [2.05, 4.69) is 6.92 Å². The minimum Gasteiger partial charge on any atom is -0.489 e. The molecule has 0 amide bonds. The Kier molecular flexibility index (Phi) is 4.22. The van der Waals surface area contributed by atoms with E-state index < -0.39 is 11.7 Å². The second kappa shape index (κ2) is 6.31. The zero-order valence-corrected chi connectivity index (χ0v) is 15.8. The molecule has 3 heterocycles. The zero-order valence-electron chi connectivity index (χ0n) is 15.8. The summed E-state index contributed by atoms with van der Waals surface area (Å²) in [4.78, 5) is 12.2. The molecule has 0 spiro atoms. The van der Waals surface area contributed by atoms with Crippen LogP contribution in [0, 0.1) is 5.92 Å². The molecule has 0 fully saturated rings. The summed E-state index contributed by atoms with van der Waals surface area (Å²) >= 11 is 0. The second-order valence-electron chi connectivity index (χ2n) is 7.69. The molecule has 140 valence electrons. The van der Waals surface area contributed by atoms with Crippen molar-refractivity contribution in [3.63, 3.8) is 0 Å². The van der Waals surface area contributed by atoms with Gasteiger partial charge >= 0.3 is 5.63 Å². The van der Waals surface area contributed by atoms with E-state index in [1.54, 1.807) is 6.07 Å². The Morgan fingerprint density at radius 3 is 2.69 bits per heavy atom. The Balaban J connectivity index is 2.13. The summed E-state index contributed by atoms with van der Waals surface area (Å²) in [6.07, 6.45) is 2.63. The van der Waals surface area contributed by atoms with Crippen LogP contribution >= 0.6 is 0 Å². The molecule has 5 heteroatoms. The molecule has 0 aliphatic carbocycles. The van der Waals surface area contributed by atoms with Crippen molar-refractivity contribution in [1.29, 1.82) is 0 Å². The second-order valence-corrected chi connectivity index (χ2v) is 7.69. The van der Waals surface area contributed by atoms with Crippen molar-refractivity contribution in [2.75, 3.05) is 0 Å². The maximum Gasteiger partial charge on any atom is 0.336 e. The fraction of sp³-hybridized carbons (Fsp3) is 0.571. The maximum absolute atomic E-state index is 12.2. The van der Waals surface area contributed by atoms with Crippen molar-refractivity contribution in [2.24, 2.45) is 5.92 Å². The van der Waals surface area contributed by atoms with Gasteiger partial charge in [0, 0.05) is 17.5 Å². The number of benzene rings is 1. The molecule has 4 atom stereocenters. The van der Waals surface area contributed by atoms with Gasteiger partial charge in [0.05, 0.1) is 23.2 Å². The fourth-order valence-electron chi connectivity index (χ4n) is 4.15. The van der Waals surface area contributed by atoms with Gasteiger partial charge in [0.1, 0.15) is 17.6 Å². The third-order valence-corrected chi connectivity index (χ3v) is 5.78. The van der Waals surface area contributed by atoms with Crippen LogP contribution in [0.25, 0.3) is 11.0 Å². The van der Waals surface area contributed by atoms with Crippen molar-refractivity contribution in [3.05, 3.63) is 33.2 Å². The Hall–Kier alpha value is -2.01. The quantitative estimate of drug-likeness (QED) is 0.825. The fourth-order valence-corrected chi connectivity index (χ4v) is 4.15. The van der Waals surface area contributed by atoms with Gasteiger partial charge in [-0.3, -0.25) is 0 Å². The average molecular weight is 358 g/mol. The lowest BCUT2D eigenvalue weighted by molar-refractivity contribution is 0.0164. The monoisotopic (exact) mass is 358 g/mol. The van der Waals surface area contributed by atoms with Crippen LogP contribution in [0.4, 0.5) is 0 Å². The lowest BCUT2D eigenvalue weighted by Crippen LogP contribution is -2.34. The molecule has 2 aliphatic rings. The third kappa shape index (κ3) is 2.52. The summed E-state index contributed by atoms with van der Waals surface area (Å²) in [6, 6.07) is 1.56. The standard InChI is InChI=1S/C21H26O5/c1-5-6-13-9-15(22)26-21-16(13)19-14(8-7-10(2)24-19)20-17(21)18(23)11(3)12(4)25-20/h9-12,18,23H,5-8H2,1-4H3/t10?,11-,12-,18+/m1/s1. The zero-order chi connectivity index (χ0) is 18.6. The number of rotatable bonds is 2. The van der Waals surface area contributed by atoms with E-state index in [0.29, 0.717) is 16.9 Å². The normalized spacial score (nSPS) is 27.4. The summed E-state index contributed by atoms with van der Waals surface area (Å²) in [6.45, 7) is 8.04. The van der Waals surface area contributed by atoms with Crippen molar-refractivity contribution in [1.82, 2.24) is 0 Å². The van der Waals surface area contributed by atoms with Crippen LogP contribution in [-0.4, -0.2) is 17.3 Å². The van der Waals surface area contributed by atoms with Gasteiger partial charge in [-0.15, -0.1) is 0 Å². The van der Waals surface area contributed by atoms with E-state index in [-0.39, 0.29) is 18.1 Å². The Morgan fingerprint density at radius 2 is 1.96 bits per heavy atom. The van der Waals surface area contributed by atoms with Crippen molar-refractivity contribution in [3.8, 4) is 11.5 Å². The summed E-state index contributed by atoms with van der Waals surface area (Å²) in [5.74, 6) is 1.32. The number of fused-ring (bicyclic) bond motifs is 6. The predicted octanol–water partition coefficient (Wildman–Crippen LogP) is 3.91. The number of aryl methyl sites for hydroxylation is 1. The molecule has 2 aromatic rings. The molecular formula is C21H26O5. The lowest BCUT2D eigenvalue weighted by atomic mass is 9.84. The van der Waals surface area contributed by atoms with Crippen LogP contribution in [0.2, 0.25) is 0 Å². The maximum atomic E-state index is 12.2. The SMILES string of the molecule is CCCc1cc(=O)oc2c3c(c4c(c12)OC(C)CC4)O[C@H](C)[C@@H](C)[C@@H]3O. The van der Waals surface area contributed by atoms with E-state index in [1.165, 1.54) is 0 Å². The molecule has 0 radical (unpaired) electrons. The largest absolute Gasteiger partial charge is 0.489 e. The first kappa shape index (κ1) is 17.4. The first-order chi connectivity index (χ1) is 12.4. The first-order valence-electron chi connectivity index (χ1n) is 9.59. The molecule has 1 unspecified atom stereocenters. The van der Waals surface area contributed by atoms with Crippen LogP contribution in [0.15, 0.2) is 15.3 Å². The van der Waals surface area contributed by atoms with Gasteiger partial charge in [-0.25, -0.2) is 4.79 Å². The number of hydrogen-bond donors (Lipinski definition) is 1. The molecule has 0 bridgehead atoms. The Morgan fingerprint density at radius 1 is 1.19 bits per heavy atom. The number of ether oxygens (including phenoxy) is 2. The van der Waals surface area contributed by atoms with Gasteiger partial charge < -0.3 is 19.0 Å². The van der Waals surface area contributed by atoms with Crippen LogP contribution in [0.3, 0.4) is 0 Å². The van der Waals surface area contributed by atoms with Crippen LogP contribution in [-0.2, 0) is 12.8 Å². The summed E-state index contributed by atoms with van der Waals surface area (Å²) in [5, 5.41) is 11.8. The third-order valence-electron chi connectivity index (χ3n) is 5.78. The Labute approximate surface area is 152 Å². The molecular weight excluding hydrogens is 332 g/mol. The van der Waals surface area contributed by atoms with Gasteiger partial charge in [-0.2, -0.15) is 0 Å². The van der Waals surface area contributed by atoms with E-state index in [1.807, 2.05) is 20.8 Å². The molecule has 0 saturated carbocycles. The summed E-state index contributed by atoms with van der Waals surface area (Å²) in [5.41, 5.74) is 2.55. The lowest BCUT2D eigenvalue weighted by Gasteiger charge is -2.37. The van der Waals surface area contributed by atoms with Gasteiger partial charge in [0.25, 0.3) is 0 Å². The molecule has 2 aliphatic heterocycles. The first-order valence-corrected chi connectivity index (χ1v) is 9.59. The van der Waals surface area contributed by atoms with Crippen molar-refractivity contribution < 1.29 is 19.0 Å². The van der Waals surface area contributed by atoms with Crippen LogP contribution < -0.4 is 15.1 Å². The molecule has 4 rings (SSSR count). The predicted molar refractivity (Wildman–Crippen MR) is 99.1 cm³/mol. The van der Waals surface area contributed by atoms with Gasteiger partial charge in [0.15, 0.2) is 5.58 Å². The van der Waals surface area contributed by atoms with Gasteiger partial charge in [-0.05, 0) is 38.7 Å². The number of hydrogen-bond acceptors (Lipinski definition) is 5. The van der Waals surface area contributed by atoms with E-state index >= 15 is 0 Å². The topological polar surface area (TPSA) is 68.9 Å². The minimum atomic E-state index is -0.735. The highest BCUT2D eigenvalue weighted by Gasteiger charge is 2.39. The molecule has 1 aromatic carbocycles. The highest BCUT2D eigenvalue weighted by Crippen LogP contribution is 2.51. The summed E-state index contributed by atoms with van der Waals surface area (Å²) in [7, 11) is 0. The van der Waals surface area contributed by atoms with E-state index in [4.69, 9.17) is 13.9 Å². The van der Waals surface area contributed by atoms with Gasteiger partial charge in [0.2, 0.25) is 0 Å².